The Labute approximate surface area is 159 Å². The molecule has 1 aromatic carbocycles. The molecule has 3 aromatic rings. The zero-order valence-electron chi connectivity index (χ0n) is 14.6. The highest BCUT2D eigenvalue weighted by Gasteiger charge is 2.18. The van der Waals surface area contributed by atoms with Crippen LogP contribution >= 0.6 is 23.1 Å². The highest BCUT2D eigenvalue weighted by atomic mass is 32.2. The summed E-state index contributed by atoms with van der Waals surface area (Å²) < 4.78 is 1.59. The number of aryl methyl sites for hydroxylation is 2. The number of thioether (sulfide) groups is 1. The molecule has 0 atom stereocenters. The lowest BCUT2D eigenvalue weighted by molar-refractivity contribution is -0.118. The zero-order valence-corrected chi connectivity index (χ0v) is 16.2. The lowest BCUT2D eigenvalue weighted by Gasteiger charge is -2.12. The minimum atomic E-state index is -0.123. The van der Waals surface area contributed by atoms with Gasteiger partial charge in [-0.2, -0.15) is 0 Å². The summed E-state index contributed by atoms with van der Waals surface area (Å²) in [7, 11) is 0. The van der Waals surface area contributed by atoms with Crippen LogP contribution in [0.2, 0.25) is 0 Å². The largest absolute Gasteiger partial charge is 0.352 e. The third kappa shape index (κ3) is 3.59. The minimum Gasteiger partial charge on any atom is -0.352 e. The molecular formula is C19H19N3O2S2. The number of amides is 1. The Bertz CT molecular complexity index is 1020. The van der Waals surface area contributed by atoms with Gasteiger partial charge in [-0.15, -0.1) is 17.9 Å². The second kappa shape index (κ2) is 7.88. The number of hydrogen-bond donors (Lipinski definition) is 1. The summed E-state index contributed by atoms with van der Waals surface area (Å²) in [5.41, 5.74) is 1.61. The second-order valence-electron chi connectivity index (χ2n) is 5.72. The predicted molar refractivity (Wildman–Crippen MR) is 109 cm³/mol. The lowest BCUT2D eigenvalue weighted by atomic mass is 10.2. The number of aromatic nitrogens is 2. The van der Waals surface area contributed by atoms with Crippen molar-refractivity contribution in [3.8, 4) is 5.69 Å². The number of carbonyl (C=O) groups excluding carboxylic acids is 1. The fraction of sp³-hybridized carbons (Fsp3) is 0.211. The lowest BCUT2D eigenvalue weighted by Crippen LogP contribution is -2.26. The van der Waals surface area contributed by atoms with Crippen LogP contribution in [0.4, 0.5) is 0 Å². The summed E-state index contributed by atoms with van der Waals surface area (Å²) >= 11 is 2.76. The molecule has 1 amide bonds. The monoisotopic (exact) mass is 385 g/mol. The van der Waals surface area contributed by atoms with E-state index < -0.39 is 0 Å². The number of para-hydroxylation sites is 1. The van der Waals surface area contributed by atoms with E-state index in [-0.39, 0.29) is 17.2 Å². The minimum absolute atomic E-state index is 0.1000. The van der Waals surface area contributed by atoms with Crippen molar-refractivity contribution in [2.75, 3.05) is 12.3 Å². The molecule has 0 aliphatic rings. The van der Waals surface area contributed by atoms with Crippen LogP contribution in [0.25, 0.3) is 15.9 Å². The van der Waals surface area contributed by atoms with Crippen molar-refractivity contribution in [1.82, 2.24) is 14.9 Å². The standard InChI is InChI=1S/C19H19N3O2S2/c1-4-10-20-15(23)11-25-19-21-17-16(12(2)13(3)26-17)18(24)22(19)14-8-6-5-7-9-14/h4-9H,1,10-11H2,2-3H3,(H,20,23). The van der Waals surface area contributed by atoms with Gasteiger partial charge in [-0.05, 0) is 31.5 Å². The first-order valence-corrected chi connectivity index (χ1v) is 9.91. The maximum atomic E-state index is 13.2. The molecule has 0 fully saturated rings. The Balaban J connectivity index is 2.10. The van der Waals surface area contributed by atoms with Crippen molar-refractivity contribution < 1.29 is 4.79 Å². The smallest absolute Gasteiger partial charge is 0.267 e. The van der Waals surface area contributed by atoms with Crippen LogP contribution < -0.4 is 10.9 Å². The van der Waals surface area contributed by atoms with Gasteiger partial charge in [0.2, 0.25) is 5.91 Å². The first-order valence-electron chi connectivity index (χ1n) is 8.11. The molecule has 0 saturated carbocycles. The highest BCUT2D eigenvalue weighted by Crippen LogP contribution is 2.29. The average Bonchev–Trinajstić information content (AvgIpc) is 2.93. The maximum absolute atomic E-state index is 13.2. The van der Waals surface area contributed by atoms with Crippen molar-refractivity contribution in [2.24, 2.45) is 0 Å². The summed E-state index contributed by atoms with van der Waals surface area (Å²) in [4.78, 5) is 31.6. The molecule has 0 aliphatic carbocycles. The summed E-state index contributed by atoms with van der Waals surface area (Å²) in [5, 5.41) is 3.90. The van der Waals surface area contributed by atoms with Crippen LogP contribution in [0.15, 0.2) is 52.9 Å². The Morgan fingerprint density at radius 1 is 1.35 bits per heavy atom. The molecule has 0 saturated heterocycles. The molecular weight excluding hydrogens is 366 g/mol. The molecule has 0 aliphatic heterocycles. The number of hydrogen-bond acceptors (Lipinski definition) is 5. The molecule has 2 heterocycles. The first kappa shape index (κ1) is 18.4. The highest BCUT2D eigenvalue weighted by molar-refractivity contribution is 7.99. The number of carbonyl (C=O) groups is 1. The molecule has 0 spiro atoms. The maximum Gasteiger partial charge on any atom is 0.267 e. The van der Waals surface area contributed by atoms with Gasteiger partial charge in [-0.25, -0.2) is 4.98 Å². The molecule has 26 heavy (non-hydrogen) atoms. The second-order valence-corrected chi connectivity index (χ2v) is 7.86. The van der Waals surface area contributed by atoms with Crippen molar-refractivity contribution in [2.45, 2.75) is 19.0 Å². The van der Waals surface area contributed by atoms with E-state index in [0.29, 0.717) is 21.9 Å². The van der Waals surface area contributed by atoms with Crippen LogP contribution in [-0.2, 0) is 4.79 Å². The molecule has 0 unspecified atom stereocenters. The quantitative estimate of drug-likeness (QED) is 0.401. The van der Waals surface area contributed by atoms with Crippen LogP contribution in [0, 0.1) is 13.8 Å². The van der Waals surface area contributed by atoms with Gasteiger partial charge in [-0.3, -0.25) is 14.2 Å². The van der Waals surface area contributed by atoms with E-state index in [0.717, 1.165) is 16.1 Å². The van der Waals surface area contributed by atoms with Gasteiger partial charge < -0.3 is 5.32 Å². The third-order valence-electron chi connectivity index (χ3n) is 3.96. The van der Waals surface area contributed by atoms with E-state index in [9.17, 15) is 9.59 Å². The van der Waals surface area contributed by atoms with Gasteiger partial charge in [-0.1, -0.05) is 36.0 Å². The SMILES string of the molecule is C=CCNC(=O)CSc1nc2sc(C)c(C)c2c(=O)n1-c1ccccc1. The normalized spacial score (nSPS) is 10.8. The van der Waals surface area contributed by atoms with Gasteiger partial charge >= 0.3 is 0 Å². The van der Waals surface area contributed by atoms with E-state index in [2.05, 4.69) is 11.9 Å². The first-order chi connectivity index (χ1) is 12.5. The van der Waals surface area contributed by atoms with Crippen molar-refractivity contribution in [3.63, 3.8) is 0 Å². The van der Waals surface area contributed by atoms with Gasteiger partial charge in [0.1, 0.15) is 4.83 Å². The van der Waals surface area contributed by atoms with Crippen LogP contribution in [0.1, 0.15) is 10.4 Å². The Kier molecular flexibility index (Phi) is 5.58. The molecule has 3 rings (SSSR count). The summed E-state index contributed by atoms with van der Waals surface area (Å²) in [6.45, 7) is 7.94. The van der Waals surface area contributed by atoms with Gasteiger partial charge in [0.25, 0.3) is 5.56 Å². The number of nitrogens with one attached hydrogen (secondary N) is 1. The van der Waals surface area contributed by atoms with Crippen LogP contribution in [0.3, 0.4) is 0 Å². The Morgan fingerprint density at radius 2 is 2.08 bits per heavy atom. The number of rotatable bonds is 6. The van der Waals surface area contributed by atoms with E-state index in [1.54, 1.807) is 10.6 Å². The number of thiophene rings is 1. The van der Waals surface area contributed by atoms with Crippen molar-refractivity contribution >= 4 is 39.2 Å². The fourth-order valence-corrected chi connectivity index (χ4v) is 4.46. The molecule has 0 bridgehead atoms. The Hall–Kier alpha value is -2.38. The predicted octanol–water partition coefficient (Wildman–Crippen LogP) is 3.46. The summed E-state index contributed by atoms with van der Waals surface area (Å²) in [6, 6.07) is 9.39. The Morgan fingerprint density at radius 3 is 2.77 bits per heavy atom. The van der Waals surface area contributed by atoms with E-state index in [4.69, 9.17) is 4.98 Å². The molecule has 0 radical (unpaired) electrons. The van der Waals surface area contributed by atoms with Crippen molar-refractivity contribution in [1.29, 1.82) is 0 Å². The molecule has 2 aromatic heterocycles. The average molecular weight is 386 g/mol. The zero-order chi connectivity index (χ0) is 18.7. The summed E-state index contributed by atoms with van der Waals surface area (Å²) in [6.07, 6.45) is 1.63. The molecule has 134 valence electrons. The van der Waals surface area contributed by atoms with E-state index in [1.165, 1.54) is 23.1 Å². The van der Waals surface area contributed by atoms with E-state index >= 15 is 0 Å². The fourth-order valence-electron chi connectivity index (χ4n) is 2.54. The molecule has 5 nitrogen and oxygen atoms in total. The number of benzene rings is 1. The molecule has 7 heteroatoms. The van der Waals surface area contributed by atoms with Gasteiger partial charge in [0, 0.05) is 11.4 Å². The van der Waals surface area contributed by atoms with Gasteiger partial charge in [0.05, 0.1) is 16.8 Å². The van der Waals surface area contributed by atoms with Crippen molar-refractivity contribution in [3.05, 3.63) is 63.8 Å². The molecule has 1 N–H and O–H groups in total. The van der Waals surface area contributed by atoms with Crippen LogP contribution in [0.5, 0.6) is 0 Å². The number of nitrogens with zero attached hydrogens (tertiary/aromatic N) is 2. The van der Waals surface area contributed by atoms with Gasteiger partial charge in [0.15, 0.2) is 5.16 Å². The topological polar surface area (TPSA) is 64.0 Å². The van der Waals surface area contributed by atoms with E-state index in [1.807, 2.05) is 44.2 Å². The van der Waals surface area contributed by atoms with Crippen LogP contribution in [-0.4, -0.2) is 27.8 Å². The number of fused-ring (bicyclic) bond motifs is 1. The summed E-state index contributed by atoms with van der Waals surface area (Å²) in [5.74, 6) is 0.0597. The third-order valence-corrected chi connectivity index (χ3v) is 6.00.